The molecule has 0 saturated heterocycles. The van der Waals surface area contributed by atoms with Crippen molar-refractivity contribution in [1.29, 1.82) is 0 Å². The average molecular weight is 184 g/mol. The highest BCUT2D eigenvalue weighted by Gasteiger charge is 2.08. The van der Waals surface area contributed by atoms with Crippen molar-refractivity contribution in [1.82, 2.24) is 0 Å². The Hall–Kier alpha value is -0.800. The lowest BCUT2D eigenvalue weighted by molar-refractivity contribution is 0.185. The lowest BCUT2D eigenvalue weighted by atomic mass is 10.2. The number of rotatable bonds is 4. The number of aliphatic hydroxyl groups is 1. The summed E-state index contributed by atoms with van der Waals surface area (Å²) in [5.41, 5.74) is 0. The van der Waals surface area contributed by atoms with Crippen LogP contribution in [0.2, 0.25) is 0 Å². The average Bonchev–Trinajstić information content (AvgIpc) is 2.52. The molecule has 1 atom stereocenters. The van der Waals surface area contributed by atoms with Crippen LogP contribution in [0.15, 0.2) is 24.1 Å². The van der Waals surface area contributed by atoms with Gasteiger partial charge < -0.3 is 9.84 Å². The van der Waals surface area contributed by atoms with Crippen molar-refractivity contribution < 1.29 is 9.84 Å². The van der Waals surface area contributed by atoms with Crippen LogP contribution in [-0.4, -0.2) is 12.2 Å². The molecular weight excluding hydrogens is 172 g/mol. The Bertz CT molecular complexity index is 255. The first kappa shape index (κ1) is 9.29. The lowest BCUT2D eigenvalue weighted by Crippen LogP contribution is -1.90. The summed E-state index contributed by atoms with van der Waals surface area (Å²) in [6, 6.07) is 1.85. The van der Waals surface area contributed by atoms with Crippen molar-refractivity contribution in [3.8, 4) is 5.75 Å². The van der Waals surface area contributed by atoms with Gasteiger partial charge in [-0.05, 0) is 12.5 Å². The molecular formula is C9H12O2S. The Kier molecular flexibility index (Phi) is 3.31. The molecule has 1 aromatic heterocycles. The number of methoxy groups -OCH3 is 1. The van der Waals surface area contributed by atoms with E-state index in [-0.39, 0.29) is 0 Å². The highest BCUT2D eigenvalue weighted by atomic mass is 32.1. The predicted octanol–water partition coefficient (Wildman–Crippen LogP) is 2.37. The first-order valence-electron chi connectivity index (χ1n) is 3.69. The van der Waals surface area contributed by atoms with Crippen LogP contribution in [0.3, 0.4) is 0 Å². The molecule has 0 spiro atoms. The van der Waals surface area contributed by atoms with Gasteiger partial charge in [-0.25, -0.2) is 0 Å². The van der Waals surface area contributed by atoms with Crippen LogP contribution in [0.1, 0.15) is 17.4 Å². The normalized spacial score (nSPS) is 12.5. The Morgan fingerprint density at radius 2 is 2.58 bits per heavy atom. The molecule has 12 heavy (non-hydrogen) atoms. The quantitative estimate of drug-likeness (QED) is 0.728. The molecule has 1 unspecified atom stereocenters. The molecule has 66 valence electrons. The highest BCUT2D eigenvalue weighted by Crippen LogP contribution is 2.28. The molecule has 1 heterocycles. The van der Waals surface area contributed by atoms with Gasteiger partial charge in [-0.3, -0.25) is 0 Å². The fraction of sp³-hybridized carbons (Fsp3) is 0.333. The summed E-state index contributed by atoms with van der Waals surface area (Å²) >= 11 is 1.50. The van der Waals surface area contributed by atoms with Crippen LogP contribution in [0.4, 0.5) is 0 Å². The molecule has 0 fully saturated rings. The van der Waals surface area contributed by atoms with Crippen molar-refractivity contribution in [2.75, 3.05) is 7.11 Å². The standard InChI is InChI=1S/C9H12O2S/c1-3-4-8(10)9-5-7(11-2)6-12-9/h3,5-6,8,10H,1,4H2,2H3. The van der Waals surface area contributed by atoms with E-state index in [1.165, 1.54) is 11.3 Å². The molecule has 3 heteroatoms. The Balaban J connectivity index is 2.67. The molecule has 0 radical (unpaired) electrons. The maximum atomic E-state index is 9.51. The van der Waals surface area contributed by atoms with Gasteiger partial charge in [-0.15, -0.1) is 17.9 Å². The van der Waals surface area contributed by atoms with Crippen LogP contribution < -0.4 is 4.74 Å². The summed E-state index contributed by atoms with van der Waals surface area (Å²) in [7, 11) is 1.62. The maximum absolute atomic E-state index is 9.51. The highest BCUT2D eigenvalue weighted by molar-refractivity contribution is 7.10. The van der Waals surface area contributed by atoms with E-state index in [4.69, 9.17) is 4.74 Å². The molecule has 0 bridgehead atoms. The largest absolute Gasteiger partial charge is 0.496 e. The van der Waals surface area contributed by atoms with Crippen LogP contribution in [-0.2, 0) is 0 Å². The Morgan fingerprint density at radius 1 is 1.83 bits per heavy atom. The van der Waals surface area contributed by atoms with Crippen LogP contribution in [0.25, 0.3) is 0 Å². The predicted molar refractivity (Wildman–Crippen MR) is 50.6 cm³/mol. The van der Waals surface area contributed by atoms with Gasteiger partial charge in [-0.1, -0.05) is 6.08 Å². The van der Waals surface area contributed by atoms with Gasteiger partial charge >= 0.3 is 0 Å². The SMILES string of the molecule is C=CCC(O)c1cc(OC)cs1. The second kappa shape index (κ2) is 4.28. The van der Waals surface area contributed by atoms with Crippen molar-refractivity contribution >= 4 is 11.3 Å². The summed E-state index contributed by atoms with van der Waals surface area (Å²) in [5.74, 6) is 0.804. The minimum Gasteiger partial charge on any atom is -0.496 e. The summed E-state index contributed by atoms with van der Waals surface area (Å²) < 4.78 is 5.00. The topological polar surface area (TPSA) is 29.5 Å². The van der Waals surface area contributed by atoms with Gasteiger partial charge in [0.15, 0.2) is 0 Å². The number of aliphatic hydroxyl groups excluding tert-OH is 1. The van der Waals surface area contributed by atoms with Gasteiger partial charge in [0.05, 0.1) is 13.2 Å². The molecule has 0 aliphatic carbocycles. The third kappa shape index (κ3) is 2.09. The van der Waals surface area contributed by atoms with Crippen molar-refractivity contribution in [3.05, 3.63) is 29.0 Å². The van der Waals surface area contributed by atoms with E-state index in [1.54, 1.807) is 13.2 Å². The molecule has 0 aliphatic rings. The van der Waals surface area contributed by atoms with E-state index in [2.05, 4.69) is 6.58 Å². The van der Waals surface area contributed by atoms with E-state index in [0.717, 1.165) is 10.6 Å². The maximum Gasteiger partial charge on any atom is 0.129 e. The molecule has 0 aliphatic heterocycles. The monoisotopic (exact) mass is 184 g/mol. The number of hydrogen-bond acceptors (Lipinski definition) is 3. The number of thiophene rings is 1. The van der Waals surface area contributed by atoms with E-state index in [1.807, 2.05) is 11.4 Å². The van der Waals surface area contributed by atoms with Crippen molar-refractivity contribution in [2.45, 2.75) is 12.5 Å². The first-order valence-corrected chi connectivity index (χ1v) is 4.57. The van der Waals surface area contributed by atoms with Gasteiger partial charge in [0.2, 0.25) is 0 Å². The minimum absolute atomic E-state index is 0.434. The molecule has 1 aromatic rings. The zero-order valence-electron chi connectivity index (χ0n) is 6.99. The summed E-state index contributed by atoms with van der Waals surface area (Å²) in [5, 5.41) is 11.4. The molecule has 1 rings (SSSR count). The van der Waals surface area contributed by atoms with Crippen LogP contribution >= 0.6 is 11.3 Å². The van der Waals surface area contributed by atoms with Gasteiger partial charge in [-0.2, -0.15) is 0 Å². The summed E-state index contributed by atoms with van der Waals surface area (Å²) in [6.07, 6.45) is 1.86. The first-order chi connectivity index (χ1) is 5.77. The molecule has 0 aromatic carbocycles. The van der Waals surface area contributed by atoms with E-state index in [0.29, 0.717) is 6.42 Å². The fourth-order valence-electron chi connectivity index (χ4n) is 0.890. The van der Waals surface area contributed by atoms with Crippen LogP contribution in [0, 0.1) is 0 Å². The molecule has 0 saturated carbocycles. The van der Waals surface area contributed by atoms with Gasteiger partial charge in [0.25, 0.3) is 0 Å². The lowest BCUT2D eigenvalue weighted by Gasteiger charge is -2.02. The minimum atomic E-state index is -0.434. The Labute approximate surface area is 76.1 Å². The van der Waals surface area contributed by atoms with E-state index >= 15 is 0 Å². The molecule has 2 nitrogen and oxygen atoms in total. The molecule has 1 N–H and O–H groups in total. The second-order valence-corrected chi connectivity index (χ2v) is 3.37. The van der Waals surface area contributed by atoms with Gasteiger partial charge in [0.1, 0.15) is 5.75 Å². The number of hydrogen-bond donors (Lipinski definition) is 1. The van der Waals surface area contributed by atoms with Crippen molar-refractivity contribution in [2.24, 2.45) is 0 Å². The summed E-state index contributed by atoms with van der Waals surface area (Å²) in [6.45, 7) is 3.57. The fourth-order valence-corrected chi connectivity index (χ4v) is 1.74. The third-order valence-electron chi connectivity index (χ3n) is 1.55. The zero-order chi connectivity index (χ0) is 8.97. The number of ether oxygens (including phenoxy) is 1. The van der Waals surface area contributed by atoms with Crippen LogP contribution in [0.5, 0.6) is 5.75 Å². The van der Waals surface area contributed by atoms with Gasteiger partial charge in [0, 0.05) is 10.3 Å². The van der Waals surface area contributed by atoms with E-state index in [9.17, 15) is 5.11 Å². The summed E-state index contributed by atoms with van der Waals surface area (Å²) in [4.78, 5) is 0.923. The second-order valence-electron chi connectivity index (χ2n) is 2.43. The third-order valence-corrected chi connectivity index (χ3v) is 2.56. The zero-order valence-corrected chi connectivity index (χ0v) is 7.80. The Morgan fingerprint density at radius 3 is 3.08 bits per heavy atom. The smallest absolute Gasteiger partial charge is 0.129 e. The molecule has 0 amide bonds. The van der Waals surface area contributed by atoms with E-state index < -0.39 is 6.10 Å². The van der Waals surface area contributed by atoms with Crippen molar-refractivity contribution in [3.63, 3.8) is 0 Å².